The Labute approximate surface area is 151 Å². The summed E-state index contributed by atoms with van der Waals surface area (Å²) in [6.45, 7) is 1.81. The van der Waals surface area contributed by atoms with Crippen LogP contribution in [0.3, 0.4) is 0 Å². The number of para-hydroxylation sites is 1. The number of ether oxygens (including phenoxy) is 1. The van der Waals surface area contributed by atoms with E-state index >= 15 is 0 Å². The number of anilines is 1. The standard InChI is InChI=1S/C19H20N2O3S/c1-2-18(22)21-13-25-12-17(21)19(23)20-14-7-6-10-16(11-14)24-15-8-4-3-5-9-15/h3-11,17H,2,12-13H2,1H3,(H,20,23). The molecule has 1 unspecified atom stereocenters. The van der Waals surface area contributed by atoms with Crippen molar-refractivity contribution in [2.45, 2.75) is 19.4 Å². The van der Waals surface area contributed by atoms with Gasteiger partial charge in [0.2, 0.25) is 11.8 Å². The zero-order valence-electron chi connectivity index (χ0n) is 14.0. The number of rotatable bonds is 5. The number of thioether (sulfide) groups is 1. The van der Waals surface area contributed by atoms with Crippen LogP contribution in [-0.2, 0) is 9.59 Å². The molecule has 0 radical (unpaired) electrons. The molecule has 0 bridgehead atoms. The number of amides is 2. The maximum atomic E-state index is 12.6. The highest BCUT2D eigenvalue weighted by Gasteiger charge is 2.33. The van der Waals surface area contributed by atoms with Crippen molar-refractivity contribution in [3.05, 3.63) is 54.6 Å². The van der Waals surface area contributed by atoms with Gasteiger partial charge >= 0.3 is 0 Å². The number of nitrogens with zero attached hydrogens (tertiary/aromatic N) is 1. The summed E-state index contributed by atoms with van der Waals surface area (Å²) in [5, 5.41) is 2.89. The Morgan fingerprint density at radius 2 is 1.92 bits per heavy atom. The van der Waals surface area contributed by atoms with Crippen molar-refractivity contribution in [2.24, 2.45) is 0 Å². The lowest BCUT2D eigenvalue weighted by atomic mass is 10.2. The Morgan fingerprint density at radius 1 is 1.16 bits per heavy atom. The van der Waals surface area contributed by atoms with Gasteiger partial charge in [-0.1, -0.05) is 31.2 Å². The molecular weight excluding hydrogens is 336 g/mol. The van der Waals surface area contributed by atoms with Crippen LogP contribution >= 0.6 is 11.8 Å². The molecule has 0 saturated carbocycles. The Kier molecular flexibility index (Phi) is 5.60. The van der Waals surface area contributed by atoms with Gasteiger partial charge in [-0.05, 0) is 24.3 Å². The molecule has 1 N–H and O–H groups in total. The molecule has 1 aliphatic heterocycles. The number of carbonyl (C=O) groups excluding carboxylic acids is 2. The first kappa shape index (κ1) is 17.4. The highest BCUT2D eigenvalue weighted by Crippen LogP contribution is 2.26. The fourth-order valence-electron chi connectivity index (χ4n) is 2.60. The van der Waals surface area contributed by atoms with Crippen molar-refractivity contribution in [1.82, 2.24) is 4.90 Å². The summed E-state index contributed by atoms with van der Waals surface area (Å²) in [4.78, 5) is 26.2. The Balaban J connectivity index is 1.67. The molecule has 25 heavy (non-hydrogen) atoms. The van der Waals surface area contributed by atoms with Crippen molar-refractivity contribution < 1.29 is 14.3 Å². The Morgan fingerprint density at radius 3 is 2.68 bits per heavy atom. The molecule has 0 aliphatic carbocycles. The van der Waals surface area contributed by atoms with Crippen molar-refractivity contribution in [2.75, 3.05) is 16.9 Å². The second-order valence-electron chi connectivity index (χ2n) is 5.66. The number of benzene rings is 2. The summed E-state index contributed by atoms with van der Waals surface area (Å²) in [6, 6.07) is 16.3. The van der Waals surface area contributed by atoms with Crippen molar-refractivity contribution in [1.29, 1.82) is 0 Å². The van der Waals surface area contributed by atoms with Gasteiger partial charge in [0.15, 0.2) is 0 Å². The normalized spacial score (nSPS) is 16.5. The van der Waals surface area contributed by atoms with Gasteiger partial charge in [0.1, 0.15) is 17.5 Å². The van der Waals surface area contributed by atoms with Crippen LogP contribution in [0, 0.1) is 0 Å². The van der Waals surface area contributed by atoms with E-state index in [1.807, 2.05) is 55.5 Å². The van der Waals surface area contributed by atoms with E-state index in [0.717, 1.165) is 5.75 Å². The number of nitrogens with one attached hydrogen (secondary N) is 1. The summed E-state index contributed by atoms with van der Waals surface area (Å²) in [5.41, 5.74) is 0.652. The lowest BCUT2D eigenvalue weighted by molar-refractivity contribution is -0.135. The molecule has 1 atom stereocenters. The zero-order valence-corrected chi connectivity index (χ0v) is 14.8. The van der Waals surface area contributed by atoms with Crippen molar-refractivity contribution in [3.8, 4) is 11.5 Å². The maximum Gasteiger partial charge on any atom is 0.248 e. The van der Waals surface area contributed by atoms with Crippen molar-refractivity contribution in [3.63, 3.8) is 0 Å². The van der Waals surface area contributed by atoms with Crippen LogP contribution in [0.5, 0.6) is 11.5 Å². The third kappa shape index (κ3) is 4.33. The first-order valence-corrected chi connectivity index (χ1v) is 9.34. The van der Waals surface area contributed by atoms with E-state index in [0.29, 0.717) is 29.5 Å². The van der Waals surface area contributed by atoms with Crippen LogP contribution in [0.1, 0.15) is 13.3 Å². The van der Waals surface area contributed by atoms with Crippen molar-refractivity contribution >= 4 is 29.3 Å². The lowest BCUT2D eigenvalue weighted by Gasteiger charge is -2.22. The number of hydrogen-bond donors (Lipinski definition) is 1. The first-order valence-electron chi connectivity index (χ1n) is 8.18. The molecule has 3 rings (SSSR count). The number of hydrogen-bond acceptors (Lipinski definition) is 4. The first-order chi connectivity index (χ1) is 12.2. The lowest BCUT2D eigenvalue weighted by Crippen LogP contribution is -2.44. The average Bonchev–Trinajstić information content (AvgIpc) is 3.12. The average molecular weight is 356 g/mol. The minimum absolute atomic E-state index is 0.00584. The van der Waals surface area contributed by atoms with E-state index in [1.165, 1.54) is 0 Å². The smallest absolute Gasteiger partial charge is 0.248 e. The molecule has 130 valence electrons. The molecule has 0 spiro atoms. The van der Waals surface area contributed by atoms with Crippen LogP contribution < -0.4 is 10.1 Å². The molecule has 2 amide bonds. The molecule has 0 aromatic heterocycles. The minimum Gasteiger partial charge on any atom is -0.457 e. The van der Waals surface area contributed by atoms with Gasteiger partial charge in [0.25, 0.3) is 0 Å². The fourth-order valence-corrected chi connectivity index (χ4v) is 3.78. The zero-order chi connectivity index (χ0) is 17.6. The fraction of sp³-hybridized carbons (Fsp3) is 0.263. The monoisotopic (exact) mass is 356 g/mol. The predicted molar refractivity (Wildman–Crippen MR) is 99.8 cm³/mol. The summed E-state index contributed by atoms with van der Waals surface area (Å²) >= 11 is 1.60. The molecule has 1 heterocycles. The van der Waals surface area contributed by atoms with Crippen LogP contribution in [0.2, 0.25) is 0 Å². The van der Waals surface area contributed by atoms with Gasteiger partial charge < -0.3 is 15.0 Å². The quantitative estimate of drug-likeness (QED) is 0.887. The van der Waals surface area contributed by atoms with E-state index < -0.39 is 6.04 Å². The second-order valence-corrected chi connectivity index (χ2v) is 6.66. The van der Waals surface area contributed by atoms with Crippen LogP contribution in [0.4, 0.5) is 5.69 Å². The van der Waals surface area contributed by atoms with Gasteiger partial charge in [0.05, 0.1) is 5.88 Å². The third-order valence-electron chi connectivity index (χ3n) is 3.89. The molecule has 1 fully saturated rings. The highest BCUT2D eigenvalue weighted by atomic mass is 32.2. The molecule has 1 saturated heterocycles. The van der Waals surface area contributed by atoms with E-state index in [1.54, 1.807) is 22.7 Å². The van der Waals surface area contributed by atoms with Gasteiger partial charge in [-0.25, -0.2) is 0 Å². The van der Waals surface area contributed by atoms with E-state index in [2.05, 4.69) is 5.32 Å². The van der Waals surface area contributed by atoms with Gasteiger partial charge in [-0.2, -0.15) is 0 Å². The summed E-state index contributed by atoms with van der Waals surface area (Å²) in [6.07, 6.45) is 0.407. The Bertz CT molecular complexity index is 751. The predicted octanol–water partition coefficient (Wildman–Crippen LogP) is 3.73. The topological polar surface area (TPSA) is 58.6 Å². The summed E-state index contributed by atoms with van der Waals surface area (Å²) < 4.78 is 5.78. The van der Waals surface area contributed by atoms with E-state index in [4.69, 9.17) is 4.74 Å². The largest absolute Gasteiger partial charge is 0.457 e. The minimum atomic E-state index is -0.420. The third-order valence-corrected chi connectivity index (χ3v) is 4.90. The highest BCUT2D eigenvalue weighted by molar-refractivity contribution is 7.99. The molecule has 1 aliphatic rings. The summed E-state index contributed by atoms with van der Waals surface area (Å²) in [5.74, 6) is 2.42. The molecule has 5 nitrogen and oxygen atoms in total. The number of carbonyl (C=O) groups is 2. The Hall–Kier alpha value is -2.47. The van der Waals surface area contributed by atoms with Crippen LogP contribution in [0.25, 0.3) is 0 Å². The maximum absolute atomic E-state index is 12.6. The van der Waals surface area contributed by atoms with E-state index in [-0.39, 0.29) is 11.8 Å². The molecular formula is C19H20N2O3S. The molecule has 6 heteroatoms. The SMILES string of the molecule is CCC(=O)N1CSCC1C(=O)Nc1cccc(Oc2ccccc2)c1. The molecule has 2 aromatic carbocycles. The van der Waals surface area contributed by atoms with E-state index in [9.17, 15) is 9.59 Å². The van der Waals surface area contributed by atoms with Gasteiger partial charge in [0, 0.05) is 23.9 Å². The van der Waals surface area contributed by atoms with Gasteiger partial charge in [-0.3, -0.25) is 9.59 Å². The molecule has 2 aromatic rings. The van der Waals surface area contributed by atoms with Crippen LogP contribution in [0.15, 0.2) is 54.6 Å². The second kappa shape index (κ2) is 8.07. The van der Waals surface area contributed by atoms with Crippen LogP contribution in [-0.4, -0.2) is 34.4 Å². The van der Waals surface area contributed by atoms with Gasteiger partial charge in [-0.15, -0.1) is 11.8 Å². The summed E-state index contributed by atoms with van der Waals surface area (Å²) in [7, 11) is 0.